The molecular weight excluding hydrogens is 697 g/mol. The minimum absolute atomic E-state index is 0.150. The highest BCUT2D eigenvalue weighted by Gasteiger charge is 2.38. The number of hydrogen-bond acceptors (Lipinski definition) is 10. The van der Waals surface area contributed by atoms with Gasteiger partial charge in [0.1, 0.15) is 11.5 Å². The lowest BCUT2D eigenvalue weighted by molar-refractivity contribution is -0.140. The Morgan fingerprint density at radius 3 is 1.86 bits per heavy atom. The number of rotatable bonds is 22. The Balaban J connectivity index is 2.24. The summed E-state index contributed by atoms with van der Waals surface area (Å²) in [5.41, 5.74) is -0.989. The number of sulfone groups is 1. The van der Waals surface area contributed by atoms with Crippen molar-refractivity contribution in [2.75, 3.05) is 29.2 Å². The molecule has 2 N–H and O–H groups in total. The number of anilines is 2. The number of hydrogen-bond donors (Lipinski definition) is 2. The first-order valence-electron chi connectivity index (χ1n) is 17.5. The molecular formula is C37H56N2O10S2. The Labute approximate surface area is 304 Å². The quantitative estimate of drug-likeness (QED) is 0.0705. The standard InChI is InChI=1S/C37H56N2O10S2/c1-9-10-11-12-13-14-15-16-17-18-23-47-36(42)27-19-21-29(32(24-27)48-26(2)3)38-35(41)33(34(40)37(4,5)6)49-31-22-20-28(50(7,43)44)25-30(31)39-51(8,45)46/h19-22,24-26,33,39H,9-18,23H2,1-8H3,(H,38,41). The summed E-state index contributed by atoms with van der Waals surface area (Å²) >= 11 is 0. The van der Waals surface area contributed by atoms with E-state index in [0.717, 1.165) is 37.8 Å². The van der Waals surface area contributed by atoms with Crippen molar-refractivity contribution in [3.05, 3.63) is 42.0 Å². The molecule has 0 aliphatic rings. The van der Waals surface area contributed by atoms with E-state index >= 15 is 0 Å². The van der Waals surface area contributed by atoms with Crippen molar-refractivity contribution in [1.29, 1.82) is 0 Å². The molecule has 0 saturated carbocycles. The molecule has 2 aromatic rings. The number of esters is 1. The van der Waals surface area contributed by atoms with Crippen LogP contribution in [-0.4, -0.2) is 65.8 Å². The highest BCUT2D eigenvalue weighted by Crippen LogP contribution is 2.33. The van der Waals surface area contributed by atoms with Crippen LogP contribution in [0.25, 0.3) is 0 Å². The van der Waals surface area contributed by atoms with Gasteiger partial charge in [-0.05, 0) is 56.7 Å². The summed E-state index contributed by atoms with van der Waals surface area (Å²) in [6.45, 7) is 10.8. The van der Waals surface area contributed by atoms with E-state index in [1.807, 2.05) is 0 Å². The fourth-order valence-corrected chi connectivity index (χ4v) is 6.21. The minimum Gasteiger partial charge on any atom is -0.489 e. The van der Waals surface area contributed by atoms with Crippen LogP contribution in [-0.2, 0) is 34.2 Å². The molecule has 2 rings (SSSR count). The maximum absolute atomic E-state index is 13.8. The van der Waals surface area contributed by atoms with E-state index in [4.69, 9.17) is 14.2 Å². The van der Waals surface area contributed by atoms with Crippen LogP contribution in [0, 0.1) is 5.41 Å². The van der Waals surface area contributed by atoms with E-state index in [1.54, 1.807) is 34.6 Å². The second-order valence-electron chi connectivity index (χ2n) is 14.1. The predicted octanol–water partition coefficient (Wildman–Crippen LogP) is 7.33. The van der Waals surface area contributed by atoms with Gasteiger partial charge in [0, 0.05) is 11.7 Å². The van der Waals surface area contributed by atoms with Crippen molar-refractivity contribution in [2.24, 2.45) is 5.41 Å². The van der Waals surface area contributed by atoms with Crippen LogP contribution in [0.15, 0.2) is 41.3 Å². The Morgan fingerprint density at radius 1 is 0.745 bits per heavy atom. The molecule has 1 unspecified atom stereocenters. The Bertz CT molecular complexity index is 1700. The lowest BCUT2D eigenvalue weighted by Gasteiger charge is -2.26. The van der Waals surface area contributed by atoms with E-state index in [9.17, 15) is 31.2 Å². The van der Waals surface area contributed by atoms with Crippen LogP contribution >= 0.6 is 0 Å². The largest absolute Gasteiger partial charge is 0.489 e. The lowest BCUT2D eigenvalue weighted by Crippen LogP contribution is -2.45. The van der Waals surface area contributed by atoms with Gasteiger partial charge >= 0.3 is 5.97 Å². The summed E-state index contributed by atoms with van der Waals surface area (Å²) in [7, 11) is -7.67. The van der Waals surface area contributed by atoms with Crippen LogP contribution < -0.4 is 19.5 Å². The molecule has 1 atom stereocenters. The van der Waals surface area contributed by atoms with Gasteiger partial charge in [-0.25, -0.2) is 21.6 Å². The zero-order chi connectivity index (χ0) is 38.4. The number of nitrogens with one attached hydrogen (secondary N) is 2. The first kappa shape index (κ1) is 43.5. The van der Waals surface area contributed by atoms with E-state index in [-0.39, 0.29) is 46.0 Å². The predicted molar refractivity (Wildman–Crippen MR) is 200 cm³/mol. The molecule has 12 nitrogen and oxygen atoms in total. The summed E-state index contributed by atoms with van der Waals surface area (Å²) < 4.78 is 68.1. The van der Waals surface area contributed by atoms with E-state index in [1.165, 1.54) is 75.3 Å². The molecule has 0 heterocycles. The van der Waals surface area contributed by atoms with Gasteiger partial charge in [0.25, 0.3) is 5.91 Å². The number of Topliss-reactive ketones (excluding diaryl/α,β-unsaturated/α-hetero) is 1. The molecule has 0 fully saturated rings. The van der Waals surface area contributed by atoms with E-state index in [0.29, 0.717) is 0 Å². The molecule has 1 amide bonds. The Kier molecular flexibility index (Phi) is 16.9. The summed E-state index contributed by atoms with van der Waals surface area (Å²) in [5, 5.41) is 2.65. The Hall–Kier alpha value is -3.65. The van der Waals surface area contributed by atoms with Crippen LogP contribution in [0.1, 0.15) is 116 Å². The van der Waals surface area contributed by atoms with Crippen LogP contribution in [0.2, 0.25) is 0 Å². The van der Waals surface area contributed by atoms with Gasteiger partial charge < -0.3 is 19.5 Å². The first-order valence-corrected chi connectivity index (χ1v) is 21.3. The van der Waals surface area contributed by atoms with Crippen LogP contribution in [0.4, 0.5) is 11.4 Å². The van der Waals surface area contributed by atoms with E-state index in [2.05, 4.69) is 17.0 Å². The van der Waals surface area contributed by atoms with Gasteiger partial charge in [-0.1, -0.05) is 85.5 Å². The maximum Gasteiger partial charge on any atom is 0.338 e. The van der Waals surface area contributed by atoms with Crippen LogP contribution in [0.5, 0.6) is 11.5 Å². The highest BCUT2D eigenvalue weighted by atomic mass is 32.2. The van der Waals surface area contributed by atoms with Gasteiger partial charge in [-0.3, -0.25) is 14.3 Å². The average molecular weight is 753 g/mol. The fraction of sp³-hybridized carbons (Fsp3) is 0.595. The molecule has 51 heavy (non-hydrogen) atoms. The topological polar surface area (TPSA) is 171 Å². The first-order chi connectivity index (χ1) is 23.7. The SMILES string of the molecule is CCCCCCCCCCCCOC(=O)c1ccc(NC(=O)C(Oc2ccc(S(C)(=O)=O)cc2NS(C)(=O)=O)C(=O)C(C)(C)C)c(OC(C)C)c1. The molecule has 0 aliphatic heterocycles. The van der Waals surface area contributed by atoms with Crippen molar-refractivity contribution in [1.82, 2.24) is 0 Å². The molecule has 0 aliphatic carbocycles. The van der Waals surface area contributed by atoms with Gasteiger partial charge in [-0.2, -0.15) is 0 Å². The Morgan fingerprint density at radius 2 is 1.33 bits per heavy atom. The molecule has 0 spiro atoms. The van der Waals surface area contributed by atoms with Crippen LogP contribution in [0.3, 0.4) is 0 Å². The second kappa shape index (κ2) is 19.8. The summed E-state index contributed by atoms with van der Waals surface area (Å²) in [6.07, 6.45) is 11.3. The smallest absolute Gasteiger partial charge is 0.338 e. The zero-order valence-electron chi connectivity index (χ0n) is 31.3. The third-order valence-electron chi connectivity index (χ3n) is 7.70. The number of sulfonamides is 1. The molecule has 0 bridgehead atoms. The second-order valence-corrected chi connectivity index (χ2v) is 17.9. The molecule has 0 radical (unpaired) electrons. The molecule has 286 valence electrons. The highest BCUT2D eigenvalue weighted by molar-refractivity contribution is 7.92. The number of unbranched alkanes of at least 4 members (excludes halogenated alkanes) is 9. The third-order valence-corrected chi connectivity index (χ3v) is 9.40. The molecule has 0 aromatic heterocycles. The number of ether oxygens (including phenoxy) is 3. The molecule has 2 aromatic carbocycles. The average Bonchev–Trinajstić information content (AvgIpc) is 3.01. The summed E-state index contributed by atoms with van der Waals surface area (Å²) in [6, 6.07) is 7.79. The monoisotopic (exact) mass is 752 g/mol. The number of benzene rings is 2. The number of carbonyl (C=O) groups excluding carboxylic acids is 3. The third kappa shape index (κ3) is 15.6. The normalized spacial score (nSPS) is 12.6. The summed E-state index contributed by atoms with van der Waals surface area (Å²) in [5.74, 6) is -2.17. The number of ketones is 1. The summed E-state index contributed by atoms with van der Waals surface area (Å²) in [4.78, 5) is 40.0. The van der Waals surface area contributed by atoms with Crippen molar-refractivity contribution in [2.45, 2.75) is 123 Å². The van der Waals surface area contributed by atoms with E-state index < -0.39 is 49.0 Å². The van der Waals surface area contributed by atoms with Gasteiger partial charge in [-0.15, -0.1) is 0 Å². The zero-order valence-corrected chi connectivity index (χ0v) is 32.9. The maximum atomic E-state index is 13.8. The van der Waals surface area contributed by atoms with Gasteiger partial charge in [0.05, 0.1) is 40.8 Å². The molecule has 14 heteroatoms. The van der Waals surface area contributed by atoms with Gasteiger partial charge in [0.15, 0.2) is 15.6 Å². The van der Waals surface area contributed by atoms with Gasteiger partial charge in [0.2, 0.25) is 16.1 Å². The number of amides is 1. The minimum atomic E-state index is -3.92. The van der Waals surface area contributed by atoms with Crippen molar-refractivity contribution >= 4 is 48.9 Å². The fourth-order valence-electron chi connectivity index (χ4n) is 5.01. The molecule has 0 saturated heterocycles. The lowest BCUT2D eigenvalue weighted by atomic mass is 9.87. The van der Waals surface area contributed by atoms with Crippen molar-refractivity contribution in [3.63, 3.8) is 0 Å². The van der Waals surface area contributed by atoms with Crippen molar-refractivity contribution < 1.29 is 45.4 Å². The number of carbonyl (C=O) groups is 3. The van der Waals surface area contributed by atoms with Crippen molar-refractivity contribution in [3.8, 4) is 11.5 Å².